The Bertz CT molecular complexity index is 1700. The molecule has 7 rings (SSSR count). The molecule has 5 aromatic rings. The monoisotopic (exact) mass is 548 g/mol. The number of aromatic nitrogens is 1. The second-order valence-corrected chi connectivity index (χ2v) is 10.8. The summed E-state index contributed by atoms with van der Waals surface area (Å²) in [7, 11) is 0. The van der Waals surface area contributed by atoms with Gasteiger partial charge in [0.1, 0.15) is 0 Å². The van der Waals surface area contributed by atoms with E-state index in [2.05, 4.69) is 125 Å². The fourth-order valence-corrected chi connectivity index (χ4v) is 5.46. The SMILES string of the molecule is Cc1cc(-c2ccc(CCN3C=Cc4cc(-c5ccccc5)ccc4C3)cc2)ccn1.NN1CC=Cc2ccccc21. The first-order valence-electron chi connectivity index (χ1n) is 14.5. The summed E-state index contributed by atoms with van der Waals surface area (Å²) in [6.45, 7) is 4.82. The molecule has 0 aliphatic carbocycles. The van der Waals surface area contributed by atoms with Crippen LogP contribution >= 0.6 is 0 Å². The Kier molecular flexibility index (Phi) is 8.25. The van der Waals surface area contributed by atoms with Crippen molar-refractivity contribution in [1.29, 1.82) is 0 Å². The summed E-state index contributed by atoms with van der Waals surface area (Å²) in [5.41, 5.74) is 12.5. The first-order chi connectivity index (χ1) is 20.6. The standard InChI is InChI=1S/C29H26N2.C9H10N2/c1-22-19-27(13-16-30-22)25-9-7-23(8-10-25)14-17-31-18-15-28-20-26(11-12-29(28)21-31)24-5-3-2-4-6-24;10-11-7-3-5-8-4-1-2-6-9(8)11/h2-13,15-16,18-20H,14,17,21H2,1H3;1-6H,7,10H2. The number of anilines is 1. The zero-order chi connectivity index (χ0) is 28.7. The molecule has 0 fully saturated rings. The summed E-state index contributed by atoms with van der Waals surface area (Å²) in [5, 5.41) is 1.75. The predicted octanol–water partition coefficient (Wildman–Crippen LogP) is 8.15. The van der Waals surface area contributed by atoms with Gasteiger partial charge >= 0.3 is 0 Å². The van der Waals surface area contributed by atoms with Gasteiger partial charge in [-0.05, 0) is 94.4 Å². The molecule has 4 aromatic carbocycles. The zero-order valence-electron chi connectivity index (χ0n) is 24.0. The molecule has 42 heavy (non-hydrogen) atoms. The van der Waals surface area contributed by atoms with E-state index in [4.69, 9.17) is 5.84 Å². The molecule has 4 nitrogen and oxygen atoms in total. The van der Waals surface area contributed by atoms with Crippen molar-refractivity contribution in [2.45, 2.75) is 19.9 Å². The third kappa shape index (κ3) is 6.51. The molecule has 0 unspecified atom stereocenters. The molecule has 0 atom stereocenters. The predicted molar refractivity (Wildman–Crippen MR) is 176 cm³/mol. The van der Waals surface area contributed by atoms with Crippen LogP contribution in [0.1, 0.15) is 27.9 Å². The molecule has 208 valence electrons. The number of pyridine rings is 1. The second-order valence-electron chi connectivity index (χ2n) is 10.8. The van der Waals surface area contributed by atoms with Gasteiger partial charge in [0.2, 0.25) is 0 Å². The molecule has 0 spiro atoms. The van der Waals surface area contributed by atoms with Crippen molar-refractivity contribution >= 4 is 17.8 Å². The van der Waals surface area contributed by atoms with Crippen molar-refractivity contribution < 1.29 is 0 Å². The van der Waals surface area contributed by atoms with Crippen LogP contribution in [0.4, 0.5) is 5.69 Å². The number of aryl methyl sites for hydroxylation is 1. The molecule has 0 saturated heterocycles. The Labute approximate surface area is 249 Å². The van der Waals surface area contributed by atoms with Crippen LogP contribution in [-0.2, 0) is 13.0 Å². The van der Waals surface area contributed by atoms with Gasteiger partial charge in [0.15, 0.2) is 0 Å². The highest BCUT2D eigenvalue weighted by Gasteiger charge is 2.12. The van der Waals surface area contributed by atoms with E-state index in [0.717, 1.165) is 37.4 Å². The second kappa shape index (κ2) is 12.7. The number of nitrogens with two attached hydrogens (primary N) is 1. The molecular formula is C38H36N4. The summed E-state index contributed by atoms with van der Waals surface area (Å²) in [4.78, 5) is 6.70. The van der Waals surface area contributed by atoms with Crippen LogP contribution < -0.4 is 10.9 Å². The van der Waals surface area contributed by atoms with Crippen LogP contribution in [0.3, 0.4) is 0 Å². The van der Waals surface area contributed by atoms with Gasteiger partial charge in [-0.15, -0.1) is 0 Å². The topological polar surface area (TPSA) is 45.4 Å². The minimum Gasteiger partial charge on any atom is -0.373 e. The maximum Gasteiger partial charge on any atom is 0.0593 e. The number of hydrogen-bond acceptors (Lipinski definition) is 4. The lowest BCUT2D eigenvalue weighted by Gasteiger charge is -2.26. The zero-order valence-corrected chi connectivity index (χ0v) is 24.0. The third-order valence-corrected chi connectivity index (χ3v) is 7.81. The van der Waals surface area contributed by atoms with E-state index in [1.165, 1.54) is 44.5 Å². The molecule has 0 bridgehead atoms. The van der Waals surface area contributed by atoms with Gasteiger partial charge in [0.25, 0.3) is 0 Å². The van der Waals surface area contributed by atoms with Crippen molar-refractivity contribution in [1.82, 2.24) is 9.88 Å². The van der Waals surface area contributed by atoms with E-state index >= 15 is 0 Å². The number of nitrogens with zero attached hydrogens (tertiary/aromatic N) is 3. The Morgan fingerprint density at radius 1 is 0.714 bits per heavy atom. The summed E-state index contributed by atoms with van der Waals surface area (Å²) in [6.07, 6.45) is 11.6. The maximum absolute atomic E-state index is 5.73. The molecule has 2 aliphatic heterocycles. The summed E-state index contributed by atoms with van der Waals surface area (Å²) >= 11 is 0. The van der Waals surface area contributed by atoms with Crippen molar-refractivity contribution in [2.75, 3.05) is 18.1 Å². The fourth-order valence-electron chi connectivity index (χ4n) is 5.46. The van der Waals surface area contributed by atoms with E-state index < -0.39 is 0 Å². The van der Waals surface area contributed by atoms with Gasteiger partial charge in [0.05, 0.1) is 12.2 Å². The van der Waals surface area contributed by atoms with Crippen LogP contribution in [0.25, 0.3) is 34.4 Å². The van der Waals surface area contributed by atoms with E-state index in [1.54, 1.807) is 5.01 Å². The Balaban J connectivity index is 0.000000240. The number of fused-ring (bicyclic) bond motifs is 2. The third-order valence-electron chi connectivity index (χ3n) is 7.81. The van der Waals surface area contributed by atoms with Gasteiger partial charge in [0, 0.05) is 25.0 Å². The van der Waals surface area contributed by atoms with Gasteiger partial charge in [-0.2, -0.15) is 0 Å². The van der Waals surface area contributed by atoms with E-state index in [1.807, 2.05) is 31.3 Å². The number of benzene rings is 4. The average Bonchev–Trinajstić information content (AvgIpc) is 3.05. The van der Waals surface area contributed by atoms with Crippen molar-refractivity contribution in [3.8, 4) is 22.3 Å². The van der Waals surface area contributed by atoms with Gasteiger partial charge in [-0.25, -0.2) is 5.84 Å². The van der Waals surface area contributed by atoms with E-state index in [-0.39, 0.29) is 0 Å². The van der Waals surface area contributed by atoms with Gasteiger partial charge < -0.3 is 9.91 Å². The molecule has 2 N–H and O–H groups in total. The first-order valence-corrected chi connectivity index (χ1v) is 14.5. The fraction of sp³-hybridized carbons (Fsp3) is 0.132. The van der Waals surface area contributed by atoms with E-state index in [9.17, 15) is 0 Å². The average molecular weight is 549 g/mol. The highest BCUT2D eigenvalue weighted by molar-refractivity contribution is 5.71. The Hall–Kier alpha value is -4.93. The number of rotatable bonds is 5. The number of para-hydroxylation sites is 1. The van der Waals surface area contributed by atoms with Crippen LogP contribution in [0.5, 0.6) is 0 Å². The van der Waals surface area contributed by atoms with Crippen LogP contribution in [0, 0.1) is 6.92 Å². The Morgan fingerprint density at radius 2 is 1.45 bits per heavy atom. The normalized spacial score (nSPS) is 13.2. The lowest BCUT2D eigenvalue weighted by atomic mass is 9.97. The molecule has 3 heterocycles. The molecule has 4 heteroatoms. The van der Waals surface area contributed by atoms with Crippen molar-refractivity contribution in [3.05, 3.63) is 156 Å². The highest BCUT2D eigenvalue weighted by Crippen LogP contribution is 2.27. The lowest BCUT2D eigenvalue weighted by molar-refractivity contribution is 0.371. The molecule has 2 aliphatic rings. The quantitative estimate of drug-likeness (QED) is 0.225. The number of hydrogen-bond donors (Lipinski definition) is 1. The first kappa shape index (κ1) is 27.3. The minimum absolute atomic E-state index is 0.803. The Morgan fingerprint density at radius 3 is 2.26 bits per heavy atom. The molecule has 0 amide bonds. The number of hydrazine groups is 1. The molecule has 1 aromatic heterocycles. The molecule has 0 saturated carbocycles. The van der Waals surface area contributed by atoms with Crippen LogP contribution in [-0.4, -0.2) is 23.0 Å². The highest BCUT2D eigenvalue weighted by atomic mass is 15.4. The van der Waals surface area contributed by atoms with Gasteiger partial charge in [-0.3, -0.25) is 4.98 Å². The van der Waals surface area contributed by atoms with Crippen LogP contribution in [0.2, 0.25) is 0 Å². The van der Waals surface area contributed by atoms with Crippen LogP contribution in [0.15, 0.2) is 128 Å². The van der Waals surface area contributed by atoms with E-state index in [0.29, 0.717) is 0 Å². The summed E-state index contributed by atoms with van der Waals surface area (Å²) in [6, 6.07) is 38.7. The maximum atomic E-state index is 5.73. The smallest absolute Gasteiger partial charge is 0.0593 e. The molecular weight excluding hydrogens is 512 g/mol. The van der Waals surface area contributed by atoms with Gasteiger partial charge in [-0.1, -0.05) is 97.1 Å². The van der Waals surface area contributed by atoms with Crippen molar-refractivity contribution in [3.63, 3.8) is 0 Å². The summed E-state index contributed by atoms with van der Waals surface area (Å²) in [5.74, 6) is 5.73. The minimum atomic E-state index is 0.803. The lowest BCUT2D eigenvalue weighted by Crippen LogP contribution is -2.32. The molecule has 0 radical (unpaired) electrons. The summed E-state index contributed by atoms with van der Waals surface area (Å²) < 4.78 is 0. The largest absolute Gasteiger partial charge is 0.373 e. The van der Waals surface area contributed by atoms with Crippen molar-refractivity contribution in [2.24, 2.45) is 5.84 Å².